The molecule has 0 atom stereocenters. The Bertz CT molecular complexity index is 465. The molecule has 4 heteroatoms. The van der Waals surface area contributed by atoms with E-state index in [1.54, 1.807) is 11.0 Å². The van der Waals surface area contributed by atoms with Gasteiger partial charge in [-0.3, -0.25) is 4.79 Å². The normalized spacial score (nSPS) is 15.6. The van der Waals surface area contributed by atoms with Gasteiger partial charge < -0.3 is 4.90 Å². The highest BCUT2D eigenvalue weighted by molar-refractivity contribution is 9.10. The topological polar surface area (TPSA) is 20.3 Å². The maximum Gasteiger partial charge on any atom is 0.255 e. The van der Waals surface area contributed by atoms with Crippen LogP contribution < -0.4 is 0 Å². The molecule has 1 heterocycles. The van der Waals surface area contributed by atoms with Gasteiger partial charge in [-0.05, 0) is 54.4 Å². The number of benzene rings is 1. The van der Waals surface area contributed by atoms with Gasteiger partial charge in [-0.2, -0.15) is 0 Å². The van der Waals surface area contributed by atoms with Gasteiger partial charge in [0.2, 0.25) is 0 Å². The average Bonchev–Trinajstić information content (AvgIpc) is 2.45. The Morgan fingerprint density at radius 3 is 2.56 bits per heavy atom. The summed E-state index contributed by atoms with van der Waals surface area (Å²) in [5.41, 5.74) is 1.13. The molecule has 0 unspecified atom stereocenters. The molecule has 0 radical (unpaired) electrons. The van der Waals surface area contributed by atoms with Gasteiger partial charge in [0.15, 0.2) is 0 Å². The lowest BCUT2D eigenvalue weighted by Crippen LogP contribution is -2.41. The summed E-state index contributed by atoms with van der Waals surface area (Å²) in [6.07, 6.45) is 0. The van der Waals surface area contributed by atoms with E-state index >= 15 is 0 Å². The third kappa shape index (κ3) is 1.75. The zero-order valence-electron chi connectivity index (χ0n) is 9.47. The second kappa shape index (κ2) is 3.55. The molecule has 0 N–H and O–H groups in total. The Morgan fingerprint density at radius 1 is 1.38 bits per heavy atom. The van der Waals surface area contributed by atoms with Crippen LogP contribution in [0.1, 0.15) is 36.7 Å². The van der Waals surface area contributed by atoms with Gasteiger partial charge in [-0.1, -0.05) is 0 Å². The van der Waals surface area contributed by atoms with Crippen LogP contribution in [0.4, 0.5) is 4.39 Å². The molecule has 0 saturated carbocycles. The summed E-state index contributed by atoms with van der Waals surface area (Å²) >= 11 is 3.13. The van der Waals surface area contributed by atoms with Gasteiger partial charge >= 0.3 is 0 Å². The molecule has 0 aromatic heterocycles. The minimum atomic E-state index is -0.386. The van der Waals surface area contributed by atoms with Crippen LogP contribution in [-0.2, 0) is 6.54 Å². The van der Waals surface area contributed by atoms with Crippen molar-refractivity contribution in [3.8, 4) is 0 Å². The van der Waals surface area contributed by atoms with E-state index < -0.39 is 0 Å². The summed E-state index contributed by atoms with van der Waals surface area (Å²) in [5, 5.41) is 0. The second-order valence-electron chi connectivity index (χ2n) is 4.99. The largest absolute Gasteiger partial charge is 0.329 e. The number of halogens is 2. The van der Waals surface area contributed by atoms with Crippen LogP contribution in [0.25, 0.3) is 0 Å². The molecule has 0 spiro atoms. The number of nitrogens with zero attached hydrogens (tertiary/aromatic N) is 1. The summed E-state index contributed by atoms with van der Waals surface area (Å²) < 4.78 is 13.8. The van der Waals surface area contributed by atoms with E-state index in [1.807, 2.05) is 20.8 Å². The Morgan fingerprint density at radius 2 is 2.00 bits per heavy atom. The quantitative estimate of drug-likeness (QED) is 0.716. The van der Waals surface area contributed by atoms with Gasteiger partial charge in [-0.15, -0.1) is 0 Å². The Balaban J connectivity index is 2.47. The van der Waals surface area contributed by atoms with Crippen molar-refractivity contribution >= 4 is 21.8 Å². The Hall–Kier alpha value is -0.900. The maximum atomic E-state index is 13.4. The molecule has 2 nitrogen and oxygen atoms in total. The summed E-state index contributed by atoms with van der Waals surface area (Å²) in [4.78, 5) is 13.8. The maximum absolute atomic E-state index is 13.4. The van der Waals surface area contributed by atoms with Gasteiger partial charge in [0.1, 0.15) is 5.82 Å². The highest BCUT2D eigenvalue weighted by atomic mass is 79.9. The number of hydrogen-bond donors (Lipinski definition) is 0. The highest BCUT2D eigenvalue weighted by Gasteiger charge is 2.35. The van der Waals surface area contributed by atoms with E-state index in [0.29, 0.717) is 16.6 Å². The lowest BCUT2D eigenvalue weighted by Gasteiger charge is -2.31. The van der Waals surface area contributed by atoms with Crippen LogP contribution >= 0.6 is 15.9 Å². The van der Waals surface area contributed by atoms with Crippen molar-refractivity contribution in [3.05, 3.63) is 33.5 Å². The van der Waals surface area contributed by atoms with E-state index in [2.05, 4.69) is 15.9 Å². The first-order valence-electron chi connectivity index (χ1n) is 5.10. The van der Waals surface area contributed by atoms with Crippen LogP contribution in [0.5, 0.6) is 0 Å². The van der Waals surface area contributed by atoms with Crippen LogP contribution in [0.2, 0.25) is 0 Å². The van der Waals surface area contributed by atoms with Gasteiger partial charge in [0.05, 0.1) is 4.47 Å². The van der Waals surface area contributed by atoms with Crippen molar-refractivity contribution in [2.75, 3.05) is 0 Å². The molecule has 0 aliphatic carbocycles. The van der Waals surface area contributed by atoms with E-state index in [4.69, 9.17) is 0 Å². The number of rotatable bonds is 0. The van der Waals surface area contributed by atoms with Crippen molar-refractivity contribution in [1.29, 1.82) is 0 Å². The number of amides is 1. The van der Waals surface area contributed by atoms with Crippen molar-refractivity contribution in [3.63, 3.8) is 0 Å². The number of fused-ring (bicyclic) bond motifs is 1. The fourth-order valence-corrected chi connectivity index (χ4v) is 2.24. The van der Waals surface area contributed by atoms with Gasteiger partial charge in [0, 0.05) is 17.6 Å². The summed E-state index contributed by atoms with van der Waals surface area (Å²) in [5.74, 6) is -0.475. The van der Waals surface area contributed by atoms with Crippen molar-refractivity contribution < 1.29 is 9.18 Å². The number of carbonyl (C=O) groups is 1. The van der Waals surface area contributed by atoms with Crippen LogP contribution in [0, 0.1) is 5.82 Å². The molecule has 1 aromatic carbocycles. The Kier molecular flexibility index (Phi) is 2.57. The van der Waals surface area contributed by atoms with Crippen molar-refractivity contribution in [1.82, 2.24) is 4.90 Å². The lowest BCUT2D eigenvalue weighted by molar-refractivity contribution is 0.0609. The molecule has 0 saturated heterocycles. The van der Waals surface area contributed by atoms with Crippen LogP contribution in [0.3, 0.4) is 0 Å². The van der Waals surface area contributed by atoms with E-state index in [0.717, 1.165) is 5.56 Å². The summed E-state index contributed by atoms with van der Waals surface area (Å²) in [6.45, 7) is 6.48. The molecule has 1 amide bonds. The minimum Gasteiger partial charge on any atom is -0.329 e. The number of hydrogen-bond acceptors (Lipinski definition) is 1. The molecular weight excluding hydrogens is 273 g/mol. The molecular formula is C12H13BrFNO. The monoisotopic (exact) mass is 285 g/mol. The first kappa shape index (κ1) is 11.6. The van der Waals surface area contributed by atoms with Gasteiger partial charge in [0.25, 0.3) is 5.91 Å². The predicted octanol–water partition coefficient (Wildman–Crippen LogP) is 3.34. The lowest BCUT2D eigenvalue weighted by atomic mass is 10.1. The second-order valence-corrected chi connectivity index (χ2v) is 5.84. The summed E-state index contributed by atoms with van der Waals surface area (Å²) in [6, 6.07) is 3.00. The third-order valence-corrected chi connectivity index (χ3v) is 3.37. The predicted molar refractivity (Wildman–Crippen MR) is 63.7 cm³/mol. The molecule has 0 fully saturated rings. The zero-order chi connectivity index (χ0) is 12.1. The third-order valence-electron chi connectivity index (χ3n) is 2.76. The molecule has 1 aromatic rings. The van der Waals surface area contributed by atoms with E-state index in [-0.39, 0.29) is 17.3 Å². The molecule has 16 heavy (non-hydrogen) atoms. The van der Waals surface area contributed by atoms with E-state index in [9.17, 15) is 9.18 Å². The Labute approximate surface area is 103 Å². The summed E-state index contributed by atoms with van der Waals surface area (Å²) in [7, 11) is 0. The standard InChI is InChI=1S/C12H13BrFNO/c1-12(2,3)15-6-7-4-9(13)10(14)5-8(7)11(15)16/h4-5H,6H2,1-3H3. The zero-order valence-corrected chi connectivity index (χ0v) is 11.1. The molecule has 2 rings (SSSR count). The molecule has 0 bridgehead atoms. The fourth-order valence-electron chi connectivity index (χ4n) is 1.85. The van der Waals surface area contributed by atoms with Crippen LogP contribution in [-0.4, -0.2) is 16.3 Å². The van der Waals surface area contributed by atoms with Crippen LogP contribution in [0.15, 0.2) is 16.6 Å². The minimum absolute atomic E-state index is 0.0890. The number of carbonyl (C=O) groups excluding carboxylic acids is 1. The SMILES string of the molecule is CC(C)(C)N1Cc2cc(Br)c(F)cc2C1=O. The average molecular weight is 286 g/mol. The highest BCUT2D eigenvalue weighted by Crippen LogP contribution is 2.32. The smallest absolute Gasteiger partial charge is 0.255 e. The molecule has 1 aliphatic heterocycles. The van der Waals surface area contributed by atoms with Crippen molar-refractivity contribution in [2.45, 2.75) is 32.9 Å². The fraction of sp³-hybridized carbons (Fsp3) is 0.417. The first-order chi connectivity index (χ1) is 7.30. The van der Waals surface area contributed by atoms with E-state index in [1.165, 1.54) is 6.07 Å². The van der Waals surface area contributed by atoms with Gasteiger partial charge in [-0.25, -0.2) is 4.39 Å². The molecule has 86 valence electrons. The van der Waals surface area contributed by atoms with Crippen molar-refractivity contribution in [2.24, 2.45) is 0 Å². The molecule has 1 aliphatic rings. The first-order valence-corrected chi connectivity index (χ1v) is 5.90.